The van der Waals surface area contributed by atoms with Crippen LogP contribution in [0.5, 0.6) is 0 Å². The molecule has 2 aromatic rings. The molecule has 1 heterocycles. The van der Waals surface area contributed by atoms with Crippen LogP contribution in [0.2, 0.25) is 0 Å². The van der Waals surface area contributed by atoms with Crippen molar-refractivity contribution in [2.45, 2.75) is 53.9 Å². The van der Waals surface area contributed by atoms with E-state index in [1.807, 2.05) is 27.7 Å². The fourth-order valence-electron chi connectivity index (χ4n) is 2.82. The van der Waals surface area contributed by atoms with Gasteiger partial charge in [0.25, 0.3) is 5.56 Å². The van der Waals surface area contributed by atoms with Gasteiger partial charge in [-0.05, 0) is 38.8 Å². The second kappa shape index (κ2) is 6.55. The molecule has 2 N–H and O–H groups in total. The molecule has 128 valence electrons. The van der Waals surface area contributed by atoms with Crippen LogP contribution in [0.4, 0.5) is 5.95 Å². The van der Waals surface area contributed by atoms with Crippen LogP contribution in [0.3, 0.4) is 0 Å². The van der Waals surface area contributed by atoms with Gasteiger partial charge in [-0.3, -0.25) is 9.78 Å². The zero-order valence-electron chi connectivity index (χ0n) is 15.4. The molecule has 1 aromatic carbocycles. The molecule has 0 aliphatic rings. The number of anilines is 1. The van der Waals surface area contributed by atoms with Crippen LogP contribution in [-0.4, -0.2) is 20.9 Å². The molecule has 6 heteroatoms. The first-order valence-electron chi connectivity index (χ1n) is 7.95. The lowest BCUT2D eigenvalue weighted by Crippen LogP contribution is -2.28. The molecule has 0 radical (unpaired) electrons. The van der Waals surface area contributed by atoms with Crippen molar-refractivity contribution in [2.75, 3.05) is 5.43 Å². The minimum atomic E-state index is -0.353. The third-order valence-corrected chi connectivity index (χ3v) is 3.78. The number of nitrogens with zero attached hydrogens (tertiary/aromatic N) is 3. The zero-order chi connectivity index (χ0) is 18.1. The van der Waals surface area contributed by atoms with Crippen molar-refractivity contribution >= 4 is 11.7 Å². The molecule has 0 saturated heterocycles. The van der Waals surface area contributed by atoms with Gasteiger partial charge in [0.15, 0.2) is 0 Å². The van der Waals surface area contributed by atoms with Crippen molar-refractivity contribution in [3.05, 3.63) is 50.4 Å². The summed E-state index contributed by atoms with van der Waals surface area (Å²) >= 11 is 0. The van der Waals surface area contributed by atoms with E-state index >= 15 is 0 Å². The Morgan fingerprint density at radius 3 is 2.21 bits per heavy atom. The Hall–Kier alpha value is -2.50. The van der Waals surface area contributed by atoms with Crippen molar-refractivity contribution in [3.63, 3.8) is 0 Å². The zero-order valence-corrected chi connectivity index (χ0v) is 15.4. The van der Waals surface area contributed by atoms with Gasteiger partial charge in [0.2, 0.25) is 5.95 Å². The molecule has 24 heavy (non-hydrogen) atoms. The van der Waals surface area contributed by atoms with Gasteiger partial charge in [0.1, 0.15) is 5.69 Å². The molecule has 0 aliphatic carbocycles. The summed E-state index contributed by atoms with van der Waals surface area (Å²) in [6.07, 6.45) is 0. The van der Waals surface area contributed by atoms with E-state index in [4.69, 9.17) is 0 Å². The Kier molecular flexibility index (Phi) is 4.87. The van der Waals surface area contributed by atoms with Gasteiger partial charge >= 0.3 is 0 Å². The second-order valence-corrected chi connectivity index (χ2v) is 7.18. The van der Waals surface area contributed by atoms with Gasteiger partial charge in [-0.2, -0.15) is 5.10 Å². The predicted molar refractivity (Wildman–Crippen MR) is 97.8 cm³/mol. The lowest BCUT2D eigenvalue weighted by atomic mass is 9.93. The molecule has 0 aliphatic heterocycles. The van der Waals surface area contributed by atoms with E-state index in [1.54, 1.807) is 0 Å². The average molecular weight is 327 g/mol. The van der Waals surface area contributed by atoms with Crippen LogP contribution in [0.1, 0.15) is 55.6 Å². The van der Waals surface area contributed by atoms with Crippen LogP contribution in [0.25, 0.3) is 0 Å². The minimum absolute atomic E-state index is 0.231. The Balaban J connectivity index is 2.28. The summed E-state index contributed by atoms with van der Waals surface area (Å²) in [5.74, 6) is 0.231. The summed E-state index contributed by atoms with van der Waals surface area (Å²) in [5, 5.41) is 12.4. The van der Waals surface area contributed by atoms with E-state index in [-0.39, 0.29) is 16.9 Å². The summed E-state index contributed by atoms with van der Waals surface area (Å²) in [6, 6.07) is 4.25. The molecule has 0 amide bonds. The number of nitrogens with one attached hydrogen (secondary N) is 2. The van der Waals surface area contributed by atoms with Crippen molar-refractivity contribution < 1.29 is 0 Å². The quantitative estimate of drug-likeness (QED) is 0.670. The second-order valence-electron chi connectivity index (χ2n) is 7.18. The van der Waals surface area contributed by atoms with E-state index in [2.05, 4.69) is 58.6 Å². The number of hydrogen-bond donors (Lipinski definition) is 2. The molecule has 2 rings (SSSR count). The van der Waals surface area contributed by atoms with Gasteiger partial charge in [-0.15, -0.1) is 10.2 Å². The highest BCUT2D eigenvalue weighted by Crippen LogP contribution is 2.18. The molecular weight excluding hydrogens is 302 g/mol. The highest BCUT2D eigenvalue weighted by Gasteiger charge is 2.20. The Morgan fingerprint density at radius 2 is 1.71 bits per heavy atom. The first-order valence-corrected chi connectivity index (χ1v) is 7.95. The van der Waals surface area contributed by atoms with E-state index in [0.29, 0.717) is 5.69 Å². The number of H-pyrrole nitrogens is 1. The van der Waals surface area contributed by atoms with Crippen LogP contribution in [0.15, 0.2) is 22.0 Å². The lowest BCUT2D eigenvalue weighted by molar-refractivity contribution is 0.547. The van der Waals surface area contributed by atoms with Gasteiger partial charge < -0.3 is 0 Å². The first-order chi connectivity index (χ1) is 11.1. The summed E-state index contributed by atoms with van der Waals surface area (Å²) < 4.78 is 0. The van der Waals surface area contributed by atoms with Gasteiger partial charge in [-0.25, -0.2) is 5.43 Å². The monoisotopic (exact) mass is 327 g/mol. The smallest absolute Gasteiger partial charge is 0.274 e. The van der Waals surface area contributed by atoms with Gasteiger partial charge in [-0.1, -0.05) is 38.5 Å². The van der Waals surface area contributed by atoms with Crippen molar-refractivity contribution in [3.8, 4) is 0 Å². The number of aromatic amines is 1. The molecule has 0 saturated carbocycles. The van der Waals surface area contributed by atoms with Crippen LogP contribution in [0, 0.1) is 20.8 Å². The topological polar surface area (TPSA) is 83.0 Å². The lowest BCUT2D eigenvalue weighted by Gasteiger charge is -2.15. The maximum atomic E-state index is 12.1. The van der Waals surface area contributed by atoms with E-state index in [9.17, 15) is 4.79 Å². The molecule has 0 bridgehead atoms. The Bertz CT molecular complexity index is 820. The summed E-state index contributed by atoms with van der Waals surface area (Å²) in [7, 11) is 0. The fraction of sp³-hybridized carbons (Fsp3) is 0.444. The molecule has 0 atom stereocenters. The van der Waals surface area contributed by atoms with Crippen molar-refractivity contribution in [1.29, 1.82) is 0 Å². The summed E-state index contributed by atoms with van der Waals surface area (Å²) in [5.41, 5.74) is 8.06. The van der Waals surface area contributed by atoms with Crippen molar-refractivity contribution in [1.82, 2.24) is 15.2 Å². The van der Waals surface area contributed by atoms with Crippen LogP contribution >= 0.6 is 0 Å². The molecule has 0 spiro atoms. The first kappa shape index (κ1) is 17.8. The van der Waals surface area contributed by atoms with Gasteiger partial charge in [0, 0.05) is 11.0 Å². The molecule has 0 fully saturated rings. The average Bonchev–Trinajstić information content (AvgIpc) is 2.42. The maximum absolute atomic E-state index is 12.1. The minimum Gasteiger partial charge on any atom is -0.288 e. The van der Waals surface area contributed by atoms with Crippen molar-refractivity contribution in [2.24, 2.45) is 5.10 Å². The fourth-order valence-corrected chi connectivity index (χ4v) is 2.82. The summed E-state index contributed by atoms with van der Waals surface area (Å²) in [4.78, 5) is 14.8. The predicted octanol–water partition coefficient (Wildman–Crippen LogP) is 3.22. The third kappa shape index (κ3) is 3.88. The molecule has 6 nitrogen and oxygen atoms in total. The molecule has 0 unspecified atom stereocenters. The Labute approximate surface area is 142 Å². The largest absolute Gasteiger partial charge is 0.288 e. The molecule has 1 aromatic heterocycles. The van der Waals surface area contributed by atoms with E-state index in [0.717, 1.165) is 11.3 Å². The van der Waals surface area contributed by atoms with Gasteiger partial charge in [0.05, 0.1) is 5.71 Å². The van der Waals surface area contributed by atoms with E-state index < -0.39 is 0 Å². The number of aromatic nitrogens is 3. The molecular formula is C18H25N5O. The van der Waals surface area contributed by atoms with Crippen LogP contribution < -0.4 is 11.0 Å². The number of hydrazone groups is 1. The van der Waals surface area contributed by atoms with E-state index in [1.165, 1.54) is 16.7 Å². The van der Waals surface area contributed by atoms with Crippen LogP contribution in [-0.2, 0) is 5.41 Å². The third-order valence-electron chi connectivity index (χ3n) is 3.78. The highest BCUT2D eigenvalue weighted by molar-refractivity contribution is 6.01. The standard InChI is InChI=1S/C18H25N5O/c1-10-8-11(2)14(12(3)9-10)13(4)20-22-17-19-16(24)15(21-23-17)18(5,6)7/h8-9H,1-7H3,(H2,19,22,23,24)/b20-13+. The summed E-state index contributed by atoms with van der Waals surface area (Å²) in [6.45, 7) is 13.9. The highest BCUT2D eigenvalue weighted by atomic mass is 16.1. The number of rotatable bonds is 3. The SMILES string of the molecule is C/C(=N\Nc1nnc(C(C)(C)C)c(=O)[nH]1)c1c(C)cc(C)cc1C. The normalized spacial score (nSPS) is 12.4. The number of aryl methyl sites for hydroxylation is 3. The maximum Gasteiger partial charge on any atom is 0.274 e. The number of hydrogen-bond acceptors (Lipinski definition) is 5. The number of benzene rings is 1. The Morgan fingerprint density at radius 1 is 1.12 bits per heavy atom.